The monoisotopic (exact) mass is 343 g/mol. The van der Waals surface area contributed by atoms with Crippen molar-refractivity contribution < 1.29 is 4.74 Å². The maximum Gasteiger partial charge on any atom is 0.138 e. The van der Waals surface area contributed by atoms with E-state index in [2.05, 4.69) is 12.2 Å². The molecule has 2 aromatic rings. The molecule has 0 saturated carbocycles. The van der Waals surface area contributed by atoms with Crippen LogP contribution in [0.5, 0.6) is 5.75 Å². The fraction of sp³-hybridized carbons (Fsp3) is 0.250. The van der Waals surface area contributed by atoms with Gasteiger partial charge >= 0.3 is 0 Å². The van der Waals surface area contributed by atoms with E-state index in [1.807, 2.05) is 18.2 Å². The molecule has 0 aliphatic heterocycles. The second kappa shape index (κ2) is 7.37. The first-order valence-corrected chi connectivity index (χ1v) is 7.72. The maximum absolute atomic E-state index is 6.32. The fourth-order valence-electron chi connectivity index (χ4n) is 2.02. The molecular weight excluding hydrogens is 329 g/mol. The summed E-state index contributed by atoms with van der Waals surface area (Å²) in [7, 11) is 1.56. The Morgan fingerprint density at radius 2 is 1.76 bits per heavy atom. The highest BCUT2D eigenvalue weighted by molar-refractivity contribution is 6.36. The van der Waals surface area contributed by atoms with Gasteiger partial charge in [-0.05, 0) is 29.8 Å². The van der Waals surface area contributed by atoms with E-state index < -0.39 is 0 Å². The summed E-state index contributed by atoms with van der Waals surface area (Å²) in [5.74, 6) is 0.556. The van der Waals surface area contributed by atoms with Gasteiger partial charge in [0.15, 0.2) is 0 Å². The van der Waals surface area contributed by atoms with Crippen LogP contribution >= 0.6 is 34.8 Å². The Kier molecular flexibility index (Phi) is 5.77. The molecule has 2 nitrogen and oxygen atoms in total. The van der Waals surface area contributed by atoms with Gasteiger partial charge in [-0.3, -0.25) is 0 Å². The van der Waals surface area contributed by atoms with Crippen molar-refractivity contribution in [3.05, 3.63) is 51.0 Å². The molecule has 0 aliphatic rings. The summed E-state index contributed by atoms with van der Waals surface area (Å²) in [4.78, 5) is 0. The predicted octanol–water partition coefficient (Wildman–Crippen LogP) is 5.43. The Labute approximate surface area is 140 Å². The van der Waals surface area contributed by atoms with Crippen molar-refractivity contribution in [1.29, 1.82) is 0 Å². The van der Waals surface area contributed by atoms with Gasteiger partial charge in [0.05, 0.1) is 17.2 Å². The van der Waals surface area contributed by atoms with Crippen molar-refractivity contribution in [2.45, 2.75) is 13.5 Å². The van der Waals surface area contributed by atoms with Gasteiger partial charge in [0, 0.05) is 23.2 Å². The lowest BCUT2D eigenvalue weighted by molar-refractivity contribution is 0.415. The third-order valence-electron chi connectivity index (χ3n) is 3.17. The van der Waals surface area contributed by atoms with E-state index in [0.29, 0.717) is 20.8 Å². The van der Waals surface area contributed by atoms with Crippen molar-refractivity contribution in [3.63, 3.8) is 0 Å². The number of methoxy groups -OCH3 is 1. The Morgan fingerprint density at radius 3 is 2.38 bits per heavy atom. The number of hydrogen-bond donors (Lipinski definition) is 1. The van der Waals surface area contributed by atoms with E-state index in [1.54, 1.807) is 19.2 Å². The average Bonchev–Trinajstić information content (AvgIpc) is 2.48. The van der Waals surface area contributed by atoms with Gasteiger partial charge in [-0.1, -0.05) is 53.9 Å². The molecule has 0 aromatic heterocycles. The highest BCUT2D eigenvalue weighted by Crippen LogP contribution is 2.37. The Balaban J connectivity index is 2.38. The second-order valence-electron chi connectivity index (χ2n) is 4.55. The third kappa shape index (κ3) is 3.83. The van der Waals surface area contributed by atoms with Crippen LogP contribution in [-0.4, -0.2) is 13.7 Å². The van der Waals surface area contributed by atoms with Gasteiger partial charge < -0.3 is 10.1 Å². The lowest BCUT2D eigenvalue weighted by Gasteiger charge is -2.11. The SMILES string of the molecule is CCNCc1ccc(-c2cc(Cl)c(OC)cc2Cl)cc1Cl. The van der Waals surface area contributed by atoms with Crippen LogP contribution in [0, 0.1) is 0 Å². The molecular formula is C16H16Cl3NO. The molecule has 1 N–H and O–H groups in total. The molecule has 0 aliphatic carbocycles. The highest BCUT2D eigenvalue weighted by atomic mass is 35.5. The molecule has 0 unspecified atom stereocenters. The van der Waals surface area contributed by atoms with Crippen molar-refractivity contribution in [2.75, 3.05) is 13.7 Å². The quantitative estimate of drug-likeness (QED) is 0.780. The van der Waals surface area contributed by atoms with Crippen LogP contribution in [0.15, 0.2) is 30.3 Å². The molecule has 0 heterocycles. The largest absolute Gasteiger partial charge is 0.495 e. The number of rotatable bonds is 5. The lowest BCUT2D eigenvalue weighted by Crippen LogP contribution is -2.11. The summed E-state index contributed by atoms with van der Waals surface area (Å²) in [6.45, 7) is 3.70. The number of nitrogens with one attached hydrogen (secondary N) is 1. The van der Waals surface area contributed by atoms with Gasteiger partial charge in [-0.15, -0.1) is 0 Å². The molecule has 21 heavy (non-hydrogen) atoms. The van der Waals surface area contributed by atoms with E-state index in [4.69, 9.17) is 39.5 Å². The van der Waals surface area contributed by atoms with Crippen LogP contribution in [0.2, 0.25) is 15.1 Å². The normalized spacial score (nSPS) is 10.7. The van der Waals surface area contributed by atoms with Crippen molar-refractivity contribution in [1.82, 2.24) is 5.32 Å². The van der Waals surface area contributed by atoms with Gasteiger partial charge in [0.25, 0.3) is 0 Å². The standard InChI is InChI=1S/C16H16Cl3NO/c1-3-20-9-11-5-4-10(6-13(11)17)12-7-15(19)16(21-2)8-14(12)18/h4-8,20H,3,9H2,1-2H3. The second-order valence-corrected chi connectivity index (χ2v) is 5.77. The van der Waals surface area contributed by atoms with Gasteiger partial charge in [0.1, 0.15) is 5.75 Å². The maximum atomic E-state index is 6.32. The number of ether oxygens (including phenoxy) is 1. The van der Waals surface area contributed by atoms with Crippen LogP contribution in [-0.2, 0) is 6.54 Å². The Bertz CT molecular complexity index is 644. The number of hydrogen-bond acceptors (Lipinski definition) is 2. The predicted molar refractivity (Wildman–Crippen MR) is 90.8 cm³/mol. The van der Waals surface area contributed by atoms with Crippen LogP contribution in [0.3, 0.4) is 0 Å². The van der Waals surface area contributed by atoms with Crippen molar-refractivity contribution in [3.8, 4) is 16.9 Å². The van der Waals surface area contributed by atoms with Crippen LogP contribution in [0.25, 0.3) is 11.1 Å². The minimum atomic E-state index is 0.518. The zero-order valence-corrected chi connectivity index (χ0v) is 14.1. The molecule has 0 amide bonds. The molecule has 0 atom stereocenters. The first-order valence-electron chi connectivity index (χ1n) is 6.59. The van der Waals surface area contributed by atoms with E-state index in [-0.39, 0.29) is 0 Å². The molecule has 0 fully saturated rings. The molecule has 0 bridgehead atoms. The summed E-state index contributed by atoms with van der Waals surface area (Å²) < 4.78 is 5.15. The van der Waals surface area contributed by atoms with E-state index in [0.717, 1.165) is 29.8 Å². The zero-order valence-electron chi connectivity index (χ0n) is 11.8. The highest BCUT2D eigenvalue weighted by Gasteiger charge is 2.11. The number of benzene rings is 2. The summed E-state index contributed by atoms with van der Waals surface area (Å²) in [6, 6.07) is 9.38. The first-order chi connectivity index (χ1) is 10.1. The molecule has 0 radical (unpaired) electrons. The Hall–Kier alpha value is -0.930. The summed E-state index contributed by atoms with van der Waals surface area (Å²) in [5, 5.41) is 5.05. The molecule has 112 valence electrons. The van der Waals surface area contributed by atoms with Crippen molar-refractivity contribution in [2.24, 2.45) is 0 Å². The van der Waals surface area contributed by atoms with Gasteiger partial charge in [0.2, 0.25) is 0 Å². The van der Waals surface area contributed by atoms with Crippen LogP contribution in [0.4, 0.5) is 0 Å². The molecule has 2 aromatic carbocycles. The summed E-state index contributed by atoms with van der Waals surface area (Å²) in [6.07, 6.45) is 0. The van der Waals surface area contributed by atoms with Crippen molar-refractivity contribution >= 4 is 34.8 Å². The molecule has 0 spiro atoms. The first kappa shape index (κ1) is 16.4. The average molecular weight is 345 g/mol. The molecule has 0 saturated heterocycles. The third-order valence-corrected chi connectivity index (χ3v) is 4.13. The smallest absolute Gasteiger partial charge is 0.138 e. The van der Waals surface area contributed by atoms with Crippen LogP contribution < -0.4 is 10.1 Å². The fourth-order valence-corrected chi connectivity index (χ4v) is 2.78. The van der Waals surface area contributed by atoms with Crippen LogP contribution in [0.1, 0.15) is 12.5 Å². The minimum Gasteiger partial charge on any atom is -0.495 e. The van der Waals surface area contributed by atoms with E-state index in [9.17, 15) is 0 Å². The summed E-state index contributed by atoms with van der Waals surface area (Å²) in [5.41, 5.74) is 2.81. The number of halogens is 3. The van der Waals surface area contributed by atoms with E-state index >= 15 is 0 Å². The lowest BCUT2D eigenvalue weighted by atomic mass is 10.0. The van der Waals surface area contributed by atoms with E-state index in [1.165, 1.54) is 0 Å². The summed E-state index contributed by atoms with van der Waals surface area (Å²) >= 11 is 18.8. The molecule has 5 heteroatoms. The van der Waals surface area contributed by atoms with Gasteiger partial charge in [-0.2, -0.15) is 0 Å². The zero-order chi connectivity index (χ0) is 15.4. The molecule has 2 rings (SSSR count). The van der Waals surface area contributed by atoms with Gasteiger partial charge in [-0.25, -0.2) is 0 Å². The Morgan fingerprint density at radius 1 is 1.00 bits per heavy atom. The minimum absolute atomic E-state index is 0.518. The topological polar surface area (TPSA) is 21.3 Å².